The van der Waals surface area contributed by atoms with Gasteiger partial charge in [0.1, 0.15) is 17.6 Å². The fourth-order valence-corrected chi connectivity index (χ4v) is 2.52. The maximum absolute atomic E-state index is 11.2. The van der Waals surface area contributed by atoms with Gasteiger partial charge < -0.3 is 14.9 Å². The van der Waals surface area contributed by atoms with E-state index in [1.807, 2.05) is 11.9 Å². The van der Waals surface area contributed by atoms with Gasteiger partial charge in [0, 0.05) is 19.2 Å². The summed E-state index contributed by atoms with van der Waals surface area (Å²) in [5.41, 5.74) is -0.812. The molecule has 8 nitrogen and oxygen atoms in total. The number of hydrogen-bond acceptors (Lipinski definition) is 6. The van der Waals surface area contributed by atoms with Crippen LogP contribution in [0.1, 0.15) is 23.2 Å². The minimum Gasteiger partial charge on any atom is -0.477 e. The minimum atomic E-state index is -1.32. The number of aromatic nitrogens is 1. The monoisotopic (exact) mass is 294 g/mol. The van der Waals surface area contributed by atoms with E-state index in [2.05, 4.69) is 16.9 Å². The first-order chi connectivity index (χ1) is 9.90. The van der Waals surface area contributed by atoms with Crippen molar-refractivity contribution in [2.45, 2.75) is 18.9 Å². The molecule has 0 unspecified atom stereocenters. The standard InChI is InChI=1S/C13H18N4O4/c1-15-5-3-9(4-6-15)16(2)12-7-10(13(18)19)11(8-14-12)17(20)21/h7-9H,3-6H2,1-2H3,(H,18,19). The maximum atomic E-state index is 11.2. The third-order valence-electron chi connectivity index (χ3n) is 3.89. The molecule has 0 atom stereocenters. The molecule has 1 N–H and O–H groups in total. The zero-order chi connectivity index (χ0) is 15.6. The van der Waals surface area contributed by atoms with E-state index in [9.17, 15) is 14.9 Å². The Balaban J connectivity index is 2.25. The summed E-state index contributed by atoms with van der Waals surface area (Å²) in [5.74, 6) is -0.866. The number of likely N-dealkylation sites (tertiary alicyclic amines) is 1. The lowest BCUT2D eigenvalue weighted by Gasteiger charge is -2.35. The topological polar surface area (TPSA) is 99.8 Å². The highest BCUT2D eigenvalue weighted by molar-refractivity contribution is 5.93. The van der Waals surface area contributed by atoms with Gasteiger partial charge in [-0.1, -0.05) is 0 Å². The van der Waals surface area contributed by atoms with Gasteiger partial charge in [-0.05, 0) is 33.0 Å². The number of piperidine rings is 1. The van der Waals surface area contributed by atoms with Crippen LogP contribution in [0.5, 0.6) is 0 Å². The summed E-state index contributed by atoms with van der Waals surface area (Å²) < 4.78 is 0. The molecule has 0 saturated carbocycles. The van der Waals surface area contributed by atoms with Crippen LogP contribution >= 0.6 is 0 Å². The van der Waals surface area contributed by atoms with Crippen LogP contribution in [0.3, 0.4) is 0 Å². The number of carbonyl (C=O) groups is 1. The van der Waals surface area contributed by atoms with E-state index in [0.717, 1.165) is 32.1 Å². The second-order valence-electron chi connectivity index (χ2n) is 5.27. The molecule has 1 aliphatic rings. The largest absolute Gasteiger partial charge is 0.477 e. The fraction of sp³-hybridized carbons (Fsp3) is 0.538. The molecule has 0 spiro atoms. The molecule has 0 bridgehead atoms. The van der Waals surface area contributed by atoms with Crippen LogP contribution in [0, 0.1) is 10.1 Å². The summed E-state index contributed by atoms with van der Waals surface area (Å²) in [6.45, 7) is 1.93. The Kier molecular flexibility index (Phi) is 4.37. The number of aromatic carboxylic acids is 1. The van der Waals surface area contributed by atoms with E-state index >= 15 is 0 Å². The van der Waals surface area contributed by atoms with Crippen molar-refractivity contribution in [2.24, 2.45) is 0 Å². The highest BCUT2D eigenvalue weighted by atomic mass is 16.6. The second-order valence-corrected chi connectivity index (χ2v) is 5.27. The first-order valence-corrected chi connectivity index (χ1v) is 6.69. The van der Waals surface area contributed by atoms with Crippen molar-refractivity contribution in [1.82, 2.24) is 9.88 Å². The molecule has 1 aromatic heterocycles. The molecule has 1 aliphatic heterocycles. The highest BCUT2D eigenvalue weighted by Gasteiger charge is 2.25. The minimum absolute atomic E-state index is 0.261. The third kappa shape index (κ3) is 3.27. The van der Waals surface area contributed by atoms with E-state index in [1.54, 1.807) is 0 Å². The first kappa shape index (κ1) is 15.2. The van der Waals surface area contributed by atoms with Crippen molar-refractivity contribution < 1.29 is 14.8 Å². The van der Waals surface area contributed by atoms with E-state index in [0.29, 0.717) is 5.82 Å². The highest BCUT2D eigenvalue weighted by Crippen LogP contribution is 2.25. The van der Waals surface area contributed by atoms with Crippen LogP contribution in [-0.4, -0.2) is 59.1 Å². The summed E-state index contributed by atoms with van der Waals surface area (Å²) in [5, 5.41) is 19.9. The summed E-state index contributed by atoms with van der Waals surface area (Å²) in [6, 6.07) is 1.54. The smallest absolute Gasteiger partial charge is 0.342 e. The van der Waals surface area contributed by atoms with Gasteiger partial charge in [0.05, 0.1) is 4.92 Å². The molecule has 8 heteroatoms. The van der Waals surface area contributed by atoms with Crippen LogP contribution < -0.4 is 4.90 Å². The van der Waals surface area contributed by atoms with Crippen molar-refractivity contribution in [3.63, 3.8) is 0 Å². The molecule has 0 aliphatic carbocycles. The molecule has 1 aromatic rings. The van der Waals surface area contributed by atoms with Crippen molar-refractivity contribution >= 4 is 17.5 Å². The lowest BCUT2D eigenvalue weighted by Crippen LogP contribution is -2.42. The Hall–Kier alpha value is -2.22. The zero-order valence-electron chi connectivity index (χ0n) is 12.0. The molecule has 0 radical (unpaired) electrons. The van der Waals surface area contributed by atoms with Crippen LogP contribution in [0.4, 0.5) is 11.5 Å². The summed E-state index contributed by atoms with van der Waals surface area (Å²) >= 11 is 0. The lowest BCUT2D eigenvalue weighted by molar-refractivity contribution is -0.385. The SMILES string of the molecule is CN1CCC(N(C)c2cc(C(=O)O)c([N+](=O)[O-])cn2)CC1. The van der Waals surface area contributed by atoms with Gasteiger partial charge in [-0.3, -0.25) is 10.1 Å². The number of pyridine rings is 1. The Labute approximate surface area is 122 Å². The van der Waals surface area contributed by atoms with E-state index in [1.165, 1.54) is 6.07 Å². The zero-order valence-corrected chi connectivity index (χ0v) is 12.0. The predicted octanol–water partition coefficient (Wildman–Crippen LogP) is 1.22. The molecule has 1 saturated heterocycles. The van der Waals surface area contributed by atoms with Gasteiger partial charge in [-0.15, -0.1) is 0 Å². The quantitative estimate of drug-likeness (QED) is 0.658. The molecule has 2 rings (SSSR count). The third-order valence-corrected chi connectivity index (χ3v) is 3.89. The second kappa shape index (κ2) is 6.04. The van der Waals surface area contributed by atoms with Crippen molar-refractivity contribution in [3.05, 3.63) is 27.9 Å². The normalized spacial score (nSPS) is 16.7. The van der Waals surface area contributed by atoms with E-state index < -0.39 is 16.6 Å². The molecule has 1 fully saturated rings. The fourth-order valence-electron chi connectivity index (χ4n) is 2.52. The molecular weight excluding hydrogens is 276 g/mol. The molecule has 2 heterocycles. The van der Waals surface area contributed by atoms with Gasteiger partial charge in [0.15, 0.2) is 0 Å². The number of anilines is 1. The lowest BCUT2D eigenvalue weighted by atomic mass is 10.0. The summed E-state index contributed by atoms with van der Waals surface area (Å²) in [6.07, 6.45) is 2.92. The number of hydrogen-bond donors (Lipinski definition) is 1. The van der Waals surface area contributed by atoms with E-state index in [-0.39, 0.29) is 11.6 Å². The number of carboxylic acids is 1. The molecule has 114 valence electrons. The number of rotatable bonds is 4. The predicted molar refractivity (Wildman–Crippen MR) is 76.8 cm³/mol. The Morgan fingerprint density at radius 2 is 2.14 bits per heavy atom. The Morgan fingerprint density at radius 1 is 1.52 bits per heavy atom. The van der Waals surface area contributed by atoms with Gasteiger partial charge in [-0.25, -0.2) is 9.78 Å². The van der Waals surface area contributed by atoms with Crippen LogP contribution in [-0.2, 0) is 0 Å². The van der Waals surface area contributed by atoms with Crippen molar-refractivity contribution in [1.29, 1.82) is 0 Å². The average Bonchev–Trinajstić information content (AvgIpc) is 2.46. The first-order valence-electron chi connectivity index (χ1n) is 6.69. The Bertz CT molecular complexity index is 555. The molecule has 0 aromatic carbocycles. The van der Waals surface area contributed by atoms with Gasteiger partial charge in [-0.2, -0.15) is 0 Å². The van der Waals surface area contributed by atoms with Gasteiger partial charge in [0.2, 0.25) is 0 Å². The number of nitro groups is 1. The Morgan fingerprint density at radius 3 is 2.67 bits per heavy atom. The number of carboxylic acid groups (broad SMARTS) is 1. The van der Waals surface area contributed by atoms with Crippen LogP contribution in [0.25, 0.3) is 0 Å². The van der Waals surface area contributed by atoms with Crippen LogP contribution in [0.2, 0.25) is 0 Å². The summed E-state index contributed by atoms with van der Waals surface area (Å²) in [7, 11) is 3.90. The van der Waals surface area contributed by atoms with Crippen molar-refractivity contribution in [2.75, 3.05) is 32.1 Å². The van der Waals surface area contributed by atoms with Crippen molar-refractivity contribution in [3.8, 4) is 0 Å². The summed E-state index contributed by atoms with van der Waals surface area (Å²) in [4.78, 5) is 29.4. The number of nitrogens with zero attached hydrogens (tertiary/aromatic N) is 4. The van der Waals surface area contributed by atoms with Crippen LogP contribution in [0.15, 0.2) is 12.3 Å². The van der Waals surface area contributed by atoms with Gasteiger partial charge in [0.25, 0.3) is 0 Å². The molecule has 0 amide bonds. The van der Waals surface area contributed by atoms with Gasteiger partial charge >= 0.3 is 11.7 Å². The maximum Gasteiger partial charge on any atom is 0.342 e. The van der Waals surface area contributed by atoms with E-state index in [4.69, 9.17) is 5.11 Å². The molecular formula is C13H18N4O4. The molecule has 21 heavy (non-hydrogen) atoms. The average molecular weight is 294 g/mol.